The molecule has 100 valence electrons. The van der Waals surface area contributed by atoms with E-state index in [2.05, 4.69) is 5.32 Å². The van der Waals surface area contributed by atoms with Crippen molar-refractivity contribution < 1.29 is 10.2 Å². The molecule has 0 spiro atoms. The standard InChI is InChI=1S/C15H23NO2/c1-3-15(2,18)10-16-14-6-4-5-11-7-8-12(17)9-13(11)14/h7-9,14,16-18H,3-6,10H2,1-2H3. The van der Waals surface area contributed by atoms with Crippen LogP contribution >= 0.6 is 0 Å². The van der Waals surface area contributed by atoms with E-state index in [0.29, 0.717) is 12.3 Å². The van der Waals surface area contributed by atoms with E-state index in [1.807, 2.05) is 26.0 Å². The van der Waals surface area contributed by atoms with Crippen molar-refractivity contribution in [2.75, 3.05) is 6.54 Å². The second kappa shape index (κ2) is 5.29. The molecule has 0 saturated carbocycles. The number of phenols is 1. The Labute approximate surface area is 109 Å². The average molecular weight is 249 g/mol. The van der Waals surface area contributed by atoms with E-state index in [-0.39, 0.29) is 6.04 Å². The van der Waals surface area contributed by atoms with Crippen LogP contribution in [0, 0.1) is 0 Å². The van der Waals surface area contributed by atoms with E-state index in [4.69, 9.17) is 0 Å². The maximum absolute atomic E-state index is 10.0. The third kappa shape index (κ3) is 3.03. The Kier molecular flexibility index (Phi) is 3.93. The highest BCUT2D eigenvalue weighted by Gasteiger charge is 2.24. The van der Waals surface area contributed by atoms with E-state index >= 15 is 0 Å². The number of rotatable bonds is 4. The van der Waals surface area contributed by atoms with E-state index in [1.165, 1.54) is 11.1 Å². The molecule has 1 aliphatic rings. The lowest BCUT2D eigenvalue weighted by atomic mass is 9.87. The van der Waals surface area contributed by atoms with Gasteiger partial charge in [0.1, 0.15) is 5.75 Å². The van der Waals surface area contributed by atoms with Crippen molar-refractivity contribution >= 4 is 0 Å². The van der Waals surface area contributed by atoms with Crippen LogP contribution < -0.4 is 5.32 Å². The molecule has 1 aromatic carbocycles. The van der Waals surface area contributed by atoms with Crippen molar-refractivity contribution in [3.8, 4) is 5.75 Å². The van der Waals surface area contributed by atoms with Gasteiger partial charge in [0.2, 0.25) is 0 Å². The highest BCUT2D eigenvalue weighted by molar-refractivity contribution is 5.38. The van der Waals surface area contributed by atoms with Crippen molar-refractivity contribution in [3.05, 3.63) is 29.3 Å². The molecular formula is C15H23NO2. The van der Waals surface area contributed by atoms with Gasteiger partial charge in [-0.15, -0.1) is 0 Å². The van der Waals surface area contributed by atoms with Gasteiger partial charge in [-0.3, -0.25) is 0 Å². The molecule has 0 amide bonds. The molecule has 0 bridgehead atoms. The smallest absolute Gasteiger partial charge is 0.115 e. The van der Waals surface area contributed by atoms with Gasteiger partial charge in [0.05, 0.1) is 5.60 Å². The van der Waals surface area contributed by atoms with Gasteiger partial charge in [-0.05, 0) is 55.9 Å². The summed E-state index contributed by atoms with van der Waals surface area (Å²) in [6.07, 6.45) is 4.04. The summed E-state index contributed by atoms with van der Waals surface area (Å²) in [5.74, 6) is 0.324. The third-order valence-corrected chi connectivity index (χ3v) is 3.93. The first kappa shape index (κ1) is 13.4. The molecule has 0 saturated heterocycles. The lowest BCUT2D eigenvalue weighted by molar-refractivity contribution is 0.0521. The number of aryl methyl sites for hydroxylation is 1. The number of hydrogen-bond acceptors (Lipinski definition) is 3. The van der Waals surface area contributed by atoms with Crippen LogP contribution in [0.3, 0.4) is 0 Å². The number of fused-ring (bicyclic) bond motifs is 1. The van der Waals surface area contributed by atoms with Gasteiger partial charge in [-0.1, -0.05) is 13.0 Å². The van der Waals surface area contributed by atoms with Crippen LogP contribution in [0.2, 0.25) is 0 Å². The number of aliphatic hydroxyl groups is 1. The molecule has 0 aromatic heterocycles. The highest BCUT2D eigenvalue weighted by atomic mass is 16.3. The minimum Gasteiger partial charge on any atom is -0.508 e. The fourth-order valence-electron chi connectivity index (χ4n) is 2.47. The molecule has 3 heteroatoms. The summed E-state index contributed by atoms with van der Waals surface area (Å²) in [7, 11) is 0. The molecule has 1 aromatic rings. The van der Waals surface area contributed by atoms with Crippen LogP contribution in [0.15, 0.2) is 18.2 Å². The first-order valence-electron chi connectivity index (χ1n) is 6.79. The molecule has 3 N–H and O–H groups in total. The van der Waals surface area contributed by atoms with Crippen LogP contribution in [0.1, 0.15) is 50.3 Å². The lowest BCUT2D eigenvalue weighted by Gasteiger charge is -2.30. The first-order chi connectivity index (χ1) is 8.52. The quantitative estimate of drug-likeness (QED) is 0.768. The second-order valence-corrected chi connectivity index (χ2v) is 5.56. The molecule has 1 aliphatic carbocycles. The van der Waals surface area contributed by atoms with Gasteiger partial charge in [0.15, 0.2) is 0 Å². The fourth-order valence-corrected chi connectivity index (χ4v) is 2.47. The summed E-state index contributed by atoms with van der Waals surface area (Å²) < 4.78 is 0. The molecular weight excluding hydrogens is 226 g/mol. The Bertz CT molecular complexity index is 415. The maximum atomic E-state index is 10.0. The van der Waals surface area contributed by atoms with E-state index in [0.717, 1.165) is 25.7 Å². The Morgan fingerprint density at radius 2 is 2.22 bits per heavy atom. The van der Waals surface area contributed by atoms with Gasteiger partial charge in [-0.25, -0.2) is 0 Å². The largest absolute Gasteiger partial charge is 0.508 e. The normalized spacial score (nSPS) is 22.3. The van der Waals surface area contributed by atoms with E-state index in [9.17, 15) is 10.2 Å². The maximum Gasteiger partial charge on any atom is 0.115 e. The van der Waals surface area contributed by atoms with Crippen molar-refractivity contribution in [1.82, 2.24) is 5.32 Å². The van der Waals surface area contributed by atoms with Crippen LogP contribution in [-0.4, -0.2) is 22.4 Å². The SMILES string of the molecule is CCC(C)(O)CNC1CCCc2ccc(O)cc21. The minimum atomic E-state index is -0.658. The topological polar surface area (TPSA) is 52.5 Å². The van der Waals surface area contributed by atoms with Gasteiger partial charge in [0, 0.05) is 12.6 Å². The number of nitrogens with one attached hydrogen (secondary N) is 1. The summed E-state index contributed by atoms with van der Waals surface area (Å²) in [4.78, 5) is 0. The molecule has 0 aliphatic heterocycles. The summed E-state index contributed by atoms with van der Waals surface area (Å²) in [6.45, 7) is 4.43. The molecule has 2 atom stereocenters. The molecule has 2 rings (SSSR count). The van der Waals surface area contributed by atoms with Gasteiger partial charge in [-0.2, -0.15) is 0 Å². The third-order valence-electron chi connectivity index (χ3n) is 3.93. The minimum absolute atomic E-state index is 0.249. The molecule has 0 radical (unpaired) electrons. The monoisotopic (exact) mass is 249 g/mol. The summed E-state index contributed by atoms with van der Waals surface area (Å²) in [6, 6.07) is 5.87. The molecule has 2 unspecified atom stereocenters. The zero-order valence-electron chi connectivity index (χ0n) is 11.2. The predicted octanol–water partition coefficient (Wildman–Crippen LogP) is 2.52. The molecule has 0 heterocycles. The number of phenolic OH excluding ortho intramolecular Hbond substituents is 1. The van der Waals surface area contributed by atoms with Gasteiger partial charge >= 0.3 is 0 Å². The molecule has 18 heavy (non-hydrogen) atoms. The Balaban J connectivity index is 2.10. The van der Waals surface area contributed by atoms with Crippen LogP contribution in [0.4, 0.5) is 0 Å². The summed E-state index contributed by atoms with van der Waals surface area (Å²) >= 11 is 0. The van der Waals surface area contributed by atoms with Crippen molar-refractivity contribution in [1.29, 1.82) is 0 Å². The summed E-state index contributed by atoms with van der Waals surface area (Å²) in [5, 5.41) is 23.1. The van der Waals surface area contributed by atoms with E-state index < -0.39 is 5.60 Å². The molecule has 3 nitrogen and oxygen atoms in total. The fraction of sp³-hybridized carbons (Fsp3) is 0.600. The first-order valence-corrected chi connectivity index (χ1v) is 6.79. The number of aromatic hydroxyl groups is 1. The number of hydrogen-bond donors (Lipinski definition) is 3. The van der Waals surface area contributed by atoms with Crippen LogP contribution in [0.25, 0.3) is 0 Å². The Morgan fingerprint density at radius 3 is 2.94 bits per heavy atom. The number of benzene rings is 1. The average Bonchev–Trinajstić information content (AvgIpc) is 2.36. The lowest BCUT2D eigenvalue weighted by Crippen LogP contribution is -2.39. The second-order valence-electron chi connectivity index (χ2n) is 5.56. The highest BCUT2D eigenvalue weighted by Crippen LogP contribution is 2.32. The van der Waals surface area contributed by atoms with Crippen molar-refractivity contribution in [2.24, 2.45) is 0 Å². The van der Waals surface area contributed by atoms with Crippen LogP contribution in [0.5, 0.6) is 5.75 Å². The van der Waals surface area contributed by atoms with Crippen LogP contribution in [-0.2, 0) is 6.42 Å². The zero-order chi connectivity index (χ0) is 13.2. The summed E-state index contributed by atoms with van der Waals surface area (Å²) in [5.41, 5.74) is 1.84. The zero-order valence-corrected chi connectivity index (χ0v) is 11.2. The van der Waals surface area contributed by atoms with Gasteiger partial charge in [0.25, 0.3) is 0 Å². The predicted molar refractivity (Wildman–Crippen MR) is 72.7 cm³/mol. The van der Waals surface area contributed by atoms with E-state index in [1.54, 1.807) is 6.07 Å². The van der Waals surface area contributed by atoms with Crippen molar-refractivity contribution in [2.45, 2.75) is 51.2 Å². The Morgan fingerprint density at radius 1 is 1.44 bits per heavy atom. The molecule has 0 fully saturated rings. The van der Waals surface area contributed by atoms with Gasteiger partial charge < -0.3 is 15.5 Å². The van der Waals surface area contributed by atoms with Crippen molar-refractivity contribution in [3.63, 3.8) is 0 Å². The Hall–Kier alpha value is -1.06.